The number of ether oxygens (including phenoxy) is 1. The van der Waals surface area contributed by atoms with Crippen molar-refractivity contribution in [2.75, 3.05) is 50.8 Å². The Bertz CT molecular complexity index is 1030. The number of aliphatic hydroxyl groups is 1. The van der Waals surface area contributed by atoms with Crippen LogP contribution in [0.4, 0.5) is 5.69 Å². The Morgan fingerprint density at radius 1 is 0.886 bits per heavy atom. The monoisotopic (exact) mass is 473 g/mol. The molecule has 4 rings (SSSR count). The molecule has 1 amide bonds. The molecular formula is C29H35N3O3. The number of para-hydroxylation sites is 2. The number of piperazine rings is 1. The van der Waals surface area contributed by atoms with Crippen molar-refractivity contribution in [1.29, 1.82) is 0 Å². The first-order valence-corrected chi connectivity index (χ1v) is 12.4. The van der Waals surface area contributed by atoms with Crippen molar-refractivity contribution < 1.29 is 14.6 Å². The molecule has 0 aromatic heterocycles. The summed E-state index contributed by atoms with van der Waals surface area (Å²) in [5, 5.41) is 14.5. The number of rotatable bonds is 10. The Morgan fingerprint density at radius 3 is 2.06 bits per heavy atom. The Morgan fingerprint density at radius 2 is 1.46 bits per heavy atom. The zero-order valence-electron chi connectivity index (χ0n) is 20.4. The molecule has 3 aromatic carbocycles. The lowest BCUT2D eigenvalue weighted by atomic mass is 9.85. The molecule has 6 nitrogen and oxygen atoms in total. The van der Waals surface area contributed by atoms with Crippen molar-refractivity contribution in [1.82, 2.24) is 10.2 Å². The highest BCUT2D eigenvalue weighted by Crippen LogP contribution is 2.30. The van der Waals surface area contributed by atoms with E-state index in [0.717, 1.165) is 50.6 Å². The topological polar surface area (TPSA) is 65.0 Å². The predicted octanol–water partition coefficient (Wildman–Crippen LogP) is 3.65. The number of hydrogen-bond donors (Lipinski definition) is 2. The van der Waals surface area contributed by atoms with E-state index >= 15 is 0 Å². The lowest BCUT2D eigenvalue weighted by molar-refractivity contribution is -0.136. The molecule has 1 saturated heterocycles. The minimum Gasteiger partial charge on any atom is -0.492 e. The predicted molar refractivity (Wildman–Crippen MR) is 140 cm³/mol. The van der Waals surface area contributed by atoms with E-state index in [0.29, 0.717) is 24.3 Å². The van der Waals surface area contributed by atoms with Crippen LogP contribution in [0.5, 0.6) is 5.75 Å². The second kappa shape index (κ2) is 11.9. The fourth-order valence-corrected chi connectivity index (χ4v) is 4.63. The van der Waals surface area contributed by atoms with Gasteiger partial charge in [0.25, 0.3) is 5.91 Å². The van der Waals surface area contributed by atoms with Gasteiger partial charge >= 0.3 is 0 Å². The number of carbonyl (C=O) groups excluding carboxylic acids is 1. The molecule has 35 heavy (non-hydrogen) atoms. The second-order valence-corrected chi connectivity index (χ2v) is 8.78. The van der Waals surface area contributed by atoms with Gasteiger partial charge < -0.3 is 20.1 Å². The van der Waals surface area contributed by atoms with E-state index in [1.807, 2.05) is 55.5 Å². The van der Waals surface area contributed by atoms with E-state index in [1.54, 1.807) is 24.3 Å². The fraction of sp³-hybridized carbons (Fsp3) is 0.345. The highest BCUT2D eigenvalue weighted by atomic mass is 16.5. The van der Waals surface area contributed by atoms with Gasteiger partial charge in [0.05, 0.1) is 12.3 Å². The molecule has 0 unspecified atom stereocenters. The van der Waals surface area contributed by atoms with Crippen LogP contribution in [0.15, 0.2) is 84.9 Å². The van der Waals surface area contributed by atoms with E-state index in [-0.39, 0.29) is 0 Å². The lowest BCUT2D eigenvalue weighted by Crippen LogP contribution is -2.48. The zero-order valence-corrected chi connectivity index (χ0v) is 20.4. The quantitative estimate of drug-likeness (QED) is 0.440. The minimum absolute atomic E-state index is 0.396. The molecule has 184 valence electrons. The van der Waals surface area contributed by atoms with E-state index in [2.05, 4.69) is 27.2 Å². The number of anilines is 1. The molecule has 0 aliphatic carbocycles. The number of hydrogen-bond acceptors (Lipinski definition) is 5. The van der Waals surface area contributed by atoms with Crippen molar-refractivity contribution in [3.63, 3.8) is 0 Å². The maximum absolute atomic E-state index is 13.2. The van der Waals surface area contributed by atoms with Crippen LogP contribution in [0.2, 0.25) is 0 Å². The summed E-state index contributed by atoms with van der Waals surface area (Å²) in [6.07, 6.45) is 0.820. The van der Waals surface area contributed by atoms with Crippen LogP contribution in [0.3, 0.4) is 0 Å². The van der Waals surface area contributed by atoms with Gasteiger partial charge in [-0.2, -0.15) is 0 Å². The SMILES string of the molecule is CCOc1ccccc1N1CCN(CCCNC(=O)C(O)(c2ccccc2)c2ccccc2)CC1. The highest BCUT2D eigenvalue weighted by Gasteiger charge is 2.39. The van der Waals surface area contributed by atoms with Gasteiger partial charge in [0, 0.05) is 32.7 Å². The number of amides is 1. The van der Waals surface area contributed by atoms with Gasteiger partial charge in [-0.15, -0.1) is 0 Å². The largest absolute Gasteiger partial charge is 0.492 e. The van der Waals surface area contributed by atoms with Crippen molar-refractivity contribution in [2.45, 2.75) is 18.9 Å². The summed E-state index contributed by atoms with van der Waals surface area (Å²) < 4.78 is 5.79. The van der Waals surface area contributed by atoms with E-state index < -0.39 is 11.5 Å². The third-order valence-electron chi connectivity index (χ3n) is 6.53. The van der Waals surface area contributed by atoms with Crippen LogP contribution in [-0.4, -0.2) is 61.8 Å². The van der Waals surface area contributed by atoms with Gasteiger partial charge in [0.1, 0.15) is 5.75 Å². The molecule has 0 atom stereocenters. The Labute approximate surface area is 208 Å². The fourth-order valence-electron chi connectivity index (χ4n) is 4.63. The molecule has 3 aromatic rings. The zero-order chi connectivity index (χ0) is 24.5. The summed E-state index contributed by atoms with van der Waals surface area (Å²) in [5.74, 6) is 0.544. The van der Waals surface area contributed by atoms with Gasteiger partial charge in [0.2, 0.25) is 0 Å². The van der Waals surface area contributed by atoms with Gasteiger partial charge in [-0.1, -0.05) is 72.8 Å². The molecule has 0 spiro atoms. The Balaban J connectivity index is 1.28. The standard InChI is InChI=1S/C29H35N3O3/c1-2-35-27-17-10-9-16-26(27)32-22-20-31(21-23-32)19-11-18-30-28(33)29(34,24-12-5-3-6-13-24)25-14-7-4-8-15-25/h3-10,12-17,34H,2,11,18-23H2,1H3,(H,30,33). The molecule has 0 bridgehead atoms. The first-order chi connectivity index (χ1) is 17.1. The van der Waals surface area contributed by atoms with Crippen molar-refractivity contribution in [3.8, 4) is 5.75 Å². The summed E-state index contributed by atoms with van der Waals surface area (Å²) in [5.41, 5.74) is 0.559. The van der Waals surface area contributed by atoms with Gasteiger partial charge in [-0.3, -0.25) is 9.69 Å². The number of nitrogens with zero attached hydrogens (tertiary/aromatic N) is 2. The Hall–Kier alpha value is -3.35. The molecule has 0 radical (unpaired) electrons. The number of benzene rings is 3. The maximum Gasteiger partial charge on any atom is 0.261 e. The average molecular weight is 474 g/mol. The summed E-state index contributed by atoms with van der Waals surface area (Å²) in [6, 6.07) is 26.5. The first kappa shape index (κ1) is 24.8. The highest BCUT2D eigenvalue weighted by molar-refractivity contribution is 5.90. The number of carbonyl (C=O) groups is 1. The Kier molecular flexibility index (Phi) is 8.40. The maximum atomic E-state index is 13.2. The van der Waals surface area contributed by atoms with E-state index in [9.17, 15) is 9.90 Å². The first-order valence-electron chi connectivity index (χ1n) is 12.4. The molecule has 1 heterocycles. The third kappa shape index (κ3) is 5.84. The van der Waals surface area contributed by atoms with Crippen LogP contribution in [-0.2, 0) is 10.4 Å². The van der Waals surface area contributed by atoms with Crippen LogP contribution in [0.1, 0.15) is 24.5 Å². The summed E-state index contributed by atoms with van der Waals surface area (Å²) in [4.78, 5) is 18.0. The summed E-state index contributed by atoms with van der Waals surface area (Å²) in [7, 11) is 0. The normalized spacial score (nSPS) is 14.5. The van der Waals surface area contributed by atoms with Crippen molar-refractivity contribution in [2.24, 2.45) is 0 Å². The van der Waals surface area contributed by atoms with Gasteiger partial charge in [-0.05, 0) is 43.1 Å². The number of nitrogens with one attached hydrogen (secondary N) is 1. The molecular weight excluding hydrogens is 438 g/mol. The van der Waals surface area contributed by atoms with Crippen LogP contribution in [0.25, 0.3) is 0 Å². The van der Waals surface area contributed by atoms with Crippen LogP contribution in [0, 0.1) is 0 Å². The van der Waals surface area contributed by atoms with Crippen molar-refractivity contribution in [3.05, 3.63) is 96.1 Å². The molecule has 1 fully saturated rings. The summed E-state index contributed by atoms with van der Waals surface area (Å²) >= 11 is 0. The minimum atomic E-state index is -1.72. The van der Waals surface area contributed by atoms with Gasteiger partial charge in [-0.25, -0.2) is 0 Å². The van der Waals surface area contributed by atoms with Crippen molar-refractivity contribution >= 4 is 11.6 Å². The van der Waals surface area contributed by atoms with E-state index in [1.165, 1.54) is 0 Å². The molecule has 6 heteroatoms. The van der Waals surface area contributed by atoms with Crippen LogP contribution < -0.4 is 15.0 Å². The van der Waals surface area contributed by atoms with E-state index in [4.69, 9.17) is 4.74 Å². The summed E-state index contributed by atoms with van der Waals surface area (Å²) in [6.45, 7) is 7.89. The van der Waals surface area contributed by atoms with Gasteiger partial charge in [0.15, 0.2) is 5.60 Å². The third-order valence-corrected chi connectivity index (χ3v) is 6.53. The average Bonchev–Trinajstić information content (AvgIpc) is 2.92. The molecule has 0 saturated carbocycles. The van der Waals surface area contributed by atoms with Crippen LogP contribution >= 0.6 is 0 Å². The lowest BCUT2D eigenvalue weighted by Gasteiger charge is -2.36. The molecule has 1 aliphatic heterocycles. The molecule has 2 N–H and O–H groups in total. The second-order valence-electron chi connectivity index (χ2n) is 8.78. The molecule has 1 aliphatic rings. The smallest absolute Gasteiger partial charge is 0.261 e.